The molecule has 1 heterocycles. The van der Waals surface area contributed by atoms with Crippen LogP contribution in [0.1, 0.15) is 24.2 Å². The number of hydrogen-bond donors (Lipinski definition) is 1. The second kappa shape index (κ2) is 9.81. The summed E-state index contributed by atoms with van der Waals surface area (Å²) in [7, 11) is 0. The second-order valence-corrected chi connectivity index (χ2v) is 6.87. The number of carbonyl (C=O) groups is 1. The van der Waals surface area contributed by atoms with E-state index in [4.69, 9.17) is 11.6 Å². The number of halogens is 1. The molecule has 0 unspecified atom stereocenters. The molecule has 128 valence electrons. The molecule has 0 fully saturated rings. The zero-order chi connectivity index (χ0) is 18.1. The summed E-state index contributed by atoms with van der Waals surface area (Å²) in [6.07, 6.45) is 7.28. The number of nitrogens with zero attached hydrogens (tertiary/aromatic N) is 2. The van der Waals surface area contributed by atoms with Crippen LogP contribution in [0.15, 0.2) is 81.4 Å². The monoisotopic (exact) mass is 371 g/mol. The van der Waals surface area contributed by atoms with E-state index in [-0.39, 0.29) is 5.91 Å². The largest absolute Gasteiger partial charge is 0.271 e. The Labute approximate surface area is 156 Å². The highest BCUT2D eigenvalue weighted by molar-refractivity contribution is 8.03. The highest BCUT2D eigenvalue weighted by Gasteiger charge is 2.03. The predicted octanol–water partition coefficient (Wildman–Crippen LogP) is 5.09. The molecular weight excluding hydrogens is 354 g/mol. The number of hydrazone groups is 1. The summed E-state index contributed by atoms with van der Waals surface area (Å²) < 4.78 is 0. The van der Waals surface area contributed by atoms with Gasteiger partial charge >= 0.3 is 0 Å². The zero-order valence-corrected chi connectivity index (χ0v) is 15.5. The maximum Gasteiger partial charge on any atom is 0.271 e. The van der Waals surface area contributed by atoms with Crippen LogP contribution in [-0.2, 0) is 0 Å². The molecule has 4 nitrogen and oxygen atoms in total. The molecule has 0 saturated carbocycles. The average Bonchev–Trinajstić information content (AvgIpc) is 2.61. The van der Waals surface area contributed by atoms with Gasteiger partial charge in [0, 0.05) is 16.8 Å². The molecule has 2 aromatic rings. The summed E-state index contributed by atoms with van der Waals surface area (Å²) in [4.78, 5) is 17.3. The number of aromatic nitrogens is 1. The smallest absolute Gasteiger partial charge is 0.267 e. The molecule has 0 bridgehead atoms. The van der Waals surface area contributed by atoms with E-state index >= 15 is 0 Å². The number of allylic oxidation sites excluding steroid dienone is 4. The van der Waals surface area contributed by atoms with E-state index in [0.29, 0.717) is 10.6 Å². The lowest BCUT2D eigenvalue weighted by Crippen LogP contribution is -2.17. The van der Waals surface area contributed by atoms with Gasteiger partial charge in [-0.1, -0.05) is 47.6 Å². The van der Waals surface area contributed by atoms with Crippen LogP contribution < -0.4 is 5.43 Å². The molecule has 2 rings (SSSR count). The number of thioether (sulfide) groups is 1. The van der Waals surface area contributed by atoms with E-state index in [1.807, 2.05) is 44.2 Å². The summed E-state index contributed by atoms with van der Waals surface area (Å²) in [5.41, 5.74) is 3.86. The number of amides is 1. The van der Waals surface area contributed by atoms with E-state index in [2.05, 4.69) is 15.5 Å². The van der Waals surface area contributed by atoms with Crippen LogP contribution >= 0.6 is 23.4 Å². The fraction of sp³-hybridized carbons (Fsp3) is 0.105. The first kappa shape index (κ1) is 19.0. The SMILES string of the molecule is CC(/C=N/NC(=O)c1cccc(Cl)c1)=C\C=C(/C)Sc1ccccn1. The molecule has 0 radical (unpaired) electrons. The van der Waals surface area contributed by atoms with E-state index in [9.17, 15) is 4.79 Å². The van der Waals surface area contributed by atoms with Gasteiger partial charge in [0.2, 0.25) is 0 Å². The van der Waals surface area contributed by atoms with Crippen molar-refractivity contribution in [3.8, 4) is 0 Å². The van der Waals surface area contributed by atoms with Crippen molar-refractivity contribution in [1.82, 2.24) is 10.4 Å². The van der Waals surface area contributed by atoms with Gasteiger partial charge in [-0.3, -0.25) is 4.79 Å². The van der Waals surface area contributed by atoms with Gasteiger partial charge < -0.3 is 0 Å². The Morgan fingerprint density at radius 3 is 2.76 bits per heavy atom. The van der Waals surface area contributed by atoms with Gasteiger partial charge in [-0.25, -0.2) is 10.4 Å². The number of rotatable bonds is 6. The quantitative estimate of drug-likeness (QED) is 0.333. The topological polar surface area (TPSA) is 54.4 Å². The van der Waals surface area contributed by atoms with Crippen molar-refractivity contribution in [2.45, 2.75) is 18.9 Å². The third-order valence-corrected chi connectivity index (χ3v) is 4.15. The average molecular weight is 372 g/mol. The summed E-state index contributed by atoms with van der Waals surface area (Å²) in [5.74, 6) is -0.302. The Kier molecular flexibility index (Phi) is 7.44. The van der Waals surface area contributed by atoms with Crippen LogP contribution in [0.5, 0.6) is 0 Å². The van der Waals surface area contributed by atoms with Gasteiger partial charge in [-0.05, 0) is 54.7 Å². The Morgan fingerprint density at radius 2 is 2.04 bits per heavy atom. The number of hydrogen-bond acceptors (Lipinski definition) is 4. The number of pyridine rings is 1. The van der Waals surface area contributed by atoms with Crippen molar-refractivity contribution >= 4 is 35.5 Å². The molecule has 1 N–H and O–H groups in total. The van der Waals surface area contributed by atoms with Crippen molar-refractivity contribution < 1.29 is 4.79 Å². The maximum absolute atomic E-state index is 11.9. The Morgan fingerprint density at radius 1 is 1.20 bits per heavy atom. The molecule has 0 atom stereocenters. The lowest BCUT2D eigenvalue weighted by molar-refractivity contribution is 0.0955. The first-order chi connectivity index (χ1) is 12.0. The predicted molar refractivity (Wildman–Crippen MR) is 105 cm³/mol. The fourth-order valence-electron chi connectivity index (χ4n) is 1.79. The van der Waals surface area contributed by atoms with Gasteiger partial charge in [0.15, 0.2) is 0 Å². The van der Waals surface area contributed by atoms with Crippen LogP contribution in [0.2, 0.25) is 5.02 Å². The van der Waals surface area contributed by atoms with Crippen molar-refractivity contribution in [2.75, 3.05) is 0 Å². The van der Waals surface area contributed by atoms with Gasteiger partial charge in [-0.2, -0.15) is 5.10 Å². The highest BCUT2D eigenvalue weighted by atomic mass is 35.5. The molecule has 0 spiro atoms. The van der Waals surface area contributed by atoms with Crippen molar-refractivity contribution in [3.05, 3.63) is 81.9 Å². The van der Waals surface area contributed by atoms with Crippen LogP contribution in [0.4, 0.5) is 0 Å². The normalized spacial score (nSPS) is 12.4. The lowest BCUT2D eigenvalue weighted by Gasteiger charge is -2.00. The Bertz CT molecular complexity index is 816. The number of carbonyl (C=O) groups excluding carboxylic acids is 1. The van der Waals surface area contributed by atoms with Crippen LogP contribution in [0, 0.1) is 0 Å². The number of benzene rings is 1. The molecule has 0 saturated heterocycles. The molecule has 6 heteroatoms. The molecule has 0 aliphatic heterocycles. The standard InChI is InChI=1S/C19H18ClN3OS/c1-14(9-10-15(2)25-18-8-3-4-11-21-18)13-22-23-19(24)16-6-5-7-17(20)12-16/h3-13H,1-2H3,(H,23,24)/b14-9+,15-10+,22-13+. The minimum atomic E-state index is -0.302. The third kappa shape index (κ3) is 6.95. The van der Waals surface area contributed by atoms with Crippen molar-refractivity contribution in [1.29, 1.82) is 0 Å². The first-order valence-electron chi connectivity index (χ1n) is 7.57. The van der Waals surface area contributed by atoms with Crippen LogP contribution in [0.3, 0.4) is 0 Å². The number of nitrogens with one attached hydrogen (secondary N) is 1. The van der Waals surface area contributed by atoms with Gasteiger partial charge in [-0.15, -0.1) is 0 Å². The Hall–Kier alpha value is -2.37. The third-order valence-electron chi connectivity index (χ3n) is 3.01. The highest BCUT2D eigenvalue weighted by Crippen LogP contribution is 2.23. The van der Waals surface area contributed by atoms with E-state index < -0.39 is 0 Å². The van der Waals surface area contributed by atoms with Crippen LogP contribution in [-0.4, -0.2) is 17.1 Å². The molecule has 25 heavy (non-hydrogen) atoms. The fourth-order valence-corrected chi connectivity index (χ4v) is 2.70. The van der Waals surface area contributed by atoms with Gasteiger partial charge in [0.25, 0.3) is 5.91 Å². The summed E-state index contributed by atoms with van der Waals surface area (Å²) in [5, 5.41) is 5.42. The summed E-state index contributed by atoms with van der Waals surface area (Å²) in [6, 6.07) is 12.5. The summed E-state index contributed by atoms with van der Waals surface area (Å²) in [6.45, 7) is 3.92. The Balaban J connectivity index is 1.88. The minimum absolute atomic E-state index is 0.302. The van der Waals surface area contributed by atoms with Crippen LogP contribution in [0.25, 0.3) is 0 Å². The van der Waals surface area contributed by atoms with E-state index in [1.54, 1.807) is 48.4 Å². The molecule has 1 amide bonds. The molecule has 0 aliphatic carbocycles. The maximum atomic E-state index is 11.9. The van der Waals surface area contributed by atoms with E-state index in [1.165, 1.54) is 0 Å². The second-order valence-electron chi connectivity index (χ2n) is 5.17. The molecule has 0 aliphatic rings. The minimum Gasteiger partial charge on any atom is -0.267 e. The van der Waals surface area contributed by atoms with Gasteiger partial charge in [0.1, 0.15) is 5.03 Å². The summed E-state index contributed by atoms with van der Waals surface area (Å²) >= 11 is 7.45. The molecule has 1 aromatic carbocycles. The van der Waals surface area contributed by atoms with Crippen molar-refractivity contribution in [2.24, 2.45) is 5.10 Å². The zero-order valence-electron chi connectivity index (χ0n) is 13.9. The van der Waals surface area contributed by atoms with Crippen molar-refractivity contribution in [3.63, 3.8) is 0 Å². The van der Waals surface area contributed by atoms with E-state index in [0.717, 1.165) is 15.5 Å². The molecule has 1 aromatic heterocycles. The first-order valence-corrected chi connectivity index (χ1v) is 8.77. The molecular formula is C19H18ClN3OS. The van der Waals surface area contributed by atoms with Gasteiger partial charge in [0.05, 0.1) is 6.21 Å². The lowest BCUT2D eigenvalue weighted by atomic mass is 10.2.